The summed E-state index contributed by atoms with van der Waals surface area (Å²) in [5.74, 6) is 3.87. The van der Waals surface area contributed by atoms with Gasteiger partial charge in [-0.3, -0.25) is 4.79 Å². The summed E-state index contributed by atoms with van der Waals surface area (Å²) in [5, 5.41) is 0. The molecule has 3 saturated carbocycles. The Bertz CT molecular complexity index is 721. The Hall–Kier alpha value is -0.850. The highest BCUT2D eigenvalue weighted by molar-refractivity contribution is 5.91. The van der Waals surface area contributed by atoms with Crippen molar-refractivity contribution in [1.82, 2.24) is 0 Å². The number of carbonyl (C=O) groups is 1. The average Bonchev–Trinajstić information content (AvgIpc) is 3.00. The second-order valence-electron chi connectivity index (χ2n) is 12.5. The van der Waals surface area contributed by atoms with Crippen molar-refractivity contribution in [1.29, 1.82) is 0 Å². The minimum absolute atomic E-state index is 0.315. The van der Waals surface area contributed by atoms with Crippen LogP contribution in [-0.4, -0.2) is 5.78 Å². The van der Waals surface area contributed by atoms with Gasteiger partial charge in [0.1, 0.15) is 0 Å². The Morgan fingerprint density at radius 2 is 1.83 bits per heavy atom. The third kappa shape index (κ3) is 3.49. The van der Waals surface area contributed by atoms with E-state index in [4.69, 9.17) is 0 Å². The zero-order valence-corrected chi connectivity index (χ0v) is 19.9. The molecule has 0 aliphatic heterocycles. The highest BCUT2D eigenvalue weighted by Crippen LogP contribution is 2.69. The Morgan fingerprint density at radius 1 is 1.07 bits per heavy atom. The first kappa shape index (κ1) is 21.4. The van der Waals surface area contributed by atoms with Crippen molar-refractivity contribution in [2.75, 3.05) is 0 Å². The number of hydrogen-bond donors (Lipinski definition) is 0. The quantitative estimate of drug-likeness (QED) is 0.441. The maximum atomic E-state index is 12.1. The van der Waals surface area contributed by atoms with Crippen LogP contribution >= 0.6 is 0 Å². The first-order chi connectivity index (χ1) is 13.6. The molecule has 0 aromatic rings. The summed E-state index contributed by atoms with van der Waals surface area (Å²) < 4.78 is 0. The van der Waals surface area contributed by atoms with Gasteiger partial charge in [0.15, 0.2) is 5.78 Å². The molecule has 0 radical (unpaired) electrons. The van der Waals surface area contributed by atoms with Crippen molar-refractivity contribution in [3.63, 3.8) is 0 Å². The molecule has 0 heterocycles. The van der Waals surface area contributed by atoms with Crippen LogP contribution in [0.15, 0.2) is 23.3 Å². The molecule has 0 N–H and O–H groups in total. The summed E-state index contributed by atoms with van der Waals surface area (Å²) in [6, 6.07) is 0. The summed E-state index contributed by atoms with van der Waals surface area (Å²) in [6.07, 6.45) is 17.1. The van der Waals surface area contributed by atoms with Gasteiger partial charge in [-0.2, -0.15) is 0 Å². The molecule has 6 atom stereocenters. The molecule has 162 valence electrons. The van der Waals surface area contributed by atoms with E-state index in [-0.39, 0.29) is 0 Å². The highest BCUT2D eigenvalue weighted by atomic mass is 16.1. The number of ketones is 1. The summed E-state index contributed by atoms with van der Waals surface area (Å²) in [7, 11) is 0. The third-order valence-electron chi connectivity index (χ3n) is 10.2. The smallest absolute Gasteiger partial charge is 0.155 e. The van der Waals surface area contributed by atoms with Gasteiger partial charge in [-0.05, 0) is 118 Å². The van der Waals surface area contributed by atoms with Gasteiger partial charge in [-0.15, -0.1) is 0 Å². The summed E-state index contributed by atoms with van der Waals surface area (Å²) in [6.45, 7) is 14.8. The predicted molar refractivity (Wildman–Crippen MR) is 123 cm³/mol. The van der Waals surface area contributed by atoms with Gasteiger partial charge >= 0.3 is 0 Å². The molecule has 4 rings (SSSR count). The van der Waals surface area contributed by atoms with E-state index in [9.17, 15) is 4.79 Å². The van der Waals surface area contributed by atoms with Gasteiger partial charge in [0.05, 0.1) is 0 Å². The molecule has 0 spiro atoms. The van der Waals surface area contributed by atoms with Crippen LogP contribution < -0.4 is 0 Å². The Labute approximate surface area is 179 Å². The summed E-state index contributed by atoms with van der Waals surface area (Å²) in [4.78, 5) is 12.1. The van der Waals surface area contributed by atoms with Crippen LogP contribution in [0.3, 0.4) is 0 Å². The molecule has 29 heavy (non-hydrogen) atoms. The molecular formula is C28H44O. The van der Waals surface area contributed by atoms with Crippen molar-refractivity contribution in [3.8, 4) is 0 Å². The lowest BCUT2D eigenvalue weighted by molar-refractivity contribution is -0.118. The standard InChI is InChI=1S/C28H44O/c1-19(2)8-7-15-26(3,4)25-12-11-23-22-10-9-20-18-21(29)13-16-27(20,5)24(22)14-17-28(23,25)6/h8,18,22-25H,7,9-17H2,1-6H3. The maximum Gasteiger partial charge on any atom is 0.155 e. The number of hydrogen-bond acceptors (Lipinski definition) is 1. The van der Waals surface area contributed by atoms with E-state index in [1.807, 2.05) is 0 Å². The molecule has 0 amide bonds. The number of carbonyl (C=O) groups excluding carboxylic acids is 1. The van der Waals surface area contributed by atoms with Gasteiger partial charge in [0.2, 0.25) is 0 Å². The molecule has 0 aromatic carbocycles. The van der Waals surface area contributed by atoms with E-state index in [1.54, 1.807) is 0 Å². The topological polar surface area (TPSA) is 17.1 Å². The number of allylic oxidation sites excluding steroid dienone is 3. The second-order valence-corrected chi connectivity index (χ2v) is 12.5. The minimum atomic E-state index is 0.315. The Morgan fingerprint density at radius 3 is 2.55 bits per heavy atom. The largest absolute Gasteiger partial charge is 0.295 e. The lowest BCUT2D eigenvalue weighted by Crippen LogP contribution is -2.51. The molecular weight excluding hydrogens is 352 g/mol. The fourth-order valence-electron chi connectivity index (χ4n) is 8.75. The van der Waals surface area contributed by atoms with Crippen molar-refractivity contribution in [2.45, 2.75) is 106 Å². The highest BCUT2D eigenvalue weighted by Gasteiger charge is 2.60. The molecule has 3 fully saturated rings. The summed E-state index contributed by atoms with van der Waals surface area (Å²) in [5.41, 5.74) is 4.24. The van der Waals surface area contributed by atoms with Crippen LogP contribution in [0.5, 0.6) is 0 Å². The predicted octanol–water partition coefficient (Wildman–Crippen LogP) is 7.91. The van der Waals surface area contributed by atoms with Gasteiger partial charge in [0.25, 0.3) is 0 Å². The van der Waals surface area contributed by atoms with Crippen molar-refractivity contribution >= 4 is 5.78 Å². The van der Waals surface area contributed by atoms with Gasteiger partial charge in [-0.1, -0.05) is 44.9 Å². The van der Waals surface area contributed by atoms with Crippen molar-refractivity contribution in [3.05, 3.63) is 23.3 Å². The fourth-order valence-corrected chi connectivity index (χ4v) is 8.75. The lowest BCUT2D eigenvalue weighted by atomic mass is 9.45. The number of rotatable bonds is 4. The van der Waals surface area contributed by atoms with Gasteiger partial charge in [0, 0.05) is 6.42 Å². The molecule has 1 nitrogen and oxygen atoms in total. The van der Waals surface area contributed by atoms with Crippen molar-refractivity contribution in [2.24, 2.45) is 39.9 Å². The van der Waals surface area contributed by atoms with E-state index in [1.165, 1.54) is 62.5 Å². The van der Waals surface area contributed by atoms with E-state index in [0.29, 0.717) is 22.0 Å². The van der Waals surface area contributed by atoms with Crippen LogP contribution in [-0.2, 0) is 4.79 Å². The lowest BCUT2D eigenvalue weighted by Gasteiger charge is -2.59. The van der Waals surface area contributed by atoms with E-state index < -0.39 is 0 Å². The molecule has 0 aromatic heterocycles. The van der Waals surface area contributed by atoms with Crippen LogP contribution in [0.2, 0.25) is 0 Å². The SMILES string of the molecule is CC(C)=CCCC(C)(C)C1CCC2C3CCC4=CC(=O)CCC4(C)C3CCC21C. The van der Waals surface area contributed by atoms with E-state index >= 15 is 0 Å². The van der Waals surface area contributed by atoms with Crippen LogP contribution in [0.25, 0.3) is 0 Å². The molecule has 0 bridgehead atoms. The van der Waals surface area contributed by atoms with E-state index in [0.717, 1.165) is 36.5 Å². The Kier molecular flexibility index (Phi) is 5.44. The first-order valence-electron chi connectivity index (χ1n) is 12.5. The zero-order chi connectivity index (χ0) is 21.0. The molecule has 4 aliphatic rings. The molecule has 0 saturated heterocycles. The summed E-state index contributed by atoms with van der Waals surface area (Å²) >= 11 is 0. The van der Waals surface area contributed by atoms with Crippen LogP contribution in [0, 0.1) is 39.9 Å². The minimum Gasteiger partial charge on any atom is -0.295 e. The molecule has 4 aliphatic carbocycles. The van der Waals surface area contributed by atoms with Crippen LogP contribution in [0.1, 0.15) is 106 Å². The second kappa shape index (κ2) is 7.38. The normalized spacial score (nSPS) is 41.9. The zero-order valence-electron chi connectivity index (χ0n) is 19.9. The van der Waals surface area contributed by atoms with Gasteiger partial charge in [-0.25, -0.2) is 0 Å². The van der Waals surface area contributed by atoms with Crippen molar-refractivity contribution < 1.29 is 4.79 Å². The monoisotopic (exact) mass is 396 g/mol. The Balaban J connectivity index is 1.55. The maximum absolute atomic E-state index is 12.1. The van der Waals surface area contributed by atoms with Crippen LogP contribution in [0.4, 0.5) is 0 Å². The van der Waals surface area contributed by atoms with E-state index in [2.05, 4.69) is 53.7 Å². The fraction of sp³-hybridized carbons (Fsp3) is 0.821. The third-order valence-corrected chi connectivity index (χ3v) is 10.2. The molecule has 1 heteroatoms. The molecule has 6 unspecified atom stereocenters. The first-order valence-corrected chi connectivity index (χ1v) is 12.5. The average molecular weight is 397 g/mol. The number of fused-ring (bicyclic) bond motifs is 5. The van der Waals surface area contributed by atoms with Gasteiger partial charge < -0.3 is 0 Å².